The second-order valence-corrected chi connectivity index (χ2v) is 3.78. The number of rotatable bonds is 4. The lowest BCUT2D eigenvalue weighted by Gasteiger charge is -2.03. The molecular weight excluding hydrogens is 218 g/mol. The molecule has 0 aliphatic carbocycles. The second-order valence-electron chi connectivity index (χ2n) is 3.78. The molecular formula is C13H15NO3. The number of H-pyrrole nitrogens is 1. The predicted molar refractivity (Wildman–Crippen MR) is 65.8 cm³/mol. The van der Waals surface area contributed by atoms with Crippen LogP contribution in [0.1, 0.15) is 29.9 Å². The van der Waals surface area contributed by atoms with Gasteiger partial charge in [0.15, 0.2) is 0 Å². The van der Waals surface area contributed by atoms with E-state index in [-0.39, 0.29) is 5.69 Å². The van der Waals surface area contributed by atoms with E-state index in [4.69, 9.17) is 9.84 Å². The summed E-state index contributed by atoms with van der Waals surface area (Å²) < 4.78 is 5.42. The lowest BCUT2D eigenvalue weighted by molar-refractivity contribution is 0.0690. The summed E-state index contributed by atoms with van der Waals surface area (Å²) in [6.45, 7) is 4.47. The van der Waals surface area contributed by atoms with Gasteiger partial charge in [-0.15, -0.1) is 0 Å². The number of aromatic nitrogens is 1. The van der Waals surface area contributed by atoms with E-state index >= 15 is 0 Å². The summed E-state index contributed by atoms with van der Waals surface area (Å²) in [5.74, 6) is -0.151. The maximum Gasteiger partial charge on any atom is 0.352 e. The topological polar surface area (TPSA) is 62.3 Å². The molecule has 0 amide bonds. The minimum absolute atomic E-state index is 0.274. The summed E-state index contributed by atoms with van der Waals surface area (Å²) in [5.41, 5.74) is 1.94. The third-order valence-corrected chi connectivity index (χ3v) is 2.76. The van der Waals surface area contributed by atoms with E-state index in [1.807, 2.05) is 32.0 Å². The van der Waals surface area contributed by atoms with Gasteiger partial charge in [0.25, 0.3) is 0 Å². The standard InChI is InChI=1S/C13H15NO3/c1-3-9-10-7-8(17-4-2)5-6-11(10)14-12(9)13(15)16/h5-7,14H,3-4H2,1-2H3,(H,15,16). The van der Waals surface area contributed by atoms with Gasteiger partial charge in [-0.3, -0.25) is 0 Å². The van der Waals surface area contributed by atoms with Crippen LogP contribution >= 0.6 is 0 Å². The van der Waals surface area contributed by atoms with Crippen LogP contribution in [0, 0.1) is 0 Å². The van der Waals surface area contributed by atoms with Crippen LogP contribution in [0.4, 0.5) is 0 Å². The fourth-order valence-corrected chi connectivity index (χ4v) is 2.03. The van der Waals surface area contributed by atoms with Gasteiger partial charge in [-0.1, -0.05) is 6.92 Å². The van der Waals surface area contributed by atoms with Crippen LogP contribution in [-0.2, 0) is 6.42 Å². The number of hydrogen-bond acceptors (Lipinski definition) is 2. The van der Waals surface area contributed by atoms with Gasteiger partial charge in [0, 0.05) is 10.9 Å². The van der Waals surface area contributed by atoms with Gasteiger partial charge in [0.1, 0.15) is 11.4 Å². The number of ether oxygens (including phenoxy) is 1. The number of aromatic carboxylic acids is 1. The number of carboxylic acid groups (broad SMARTS) is 1. The van der Waals surface area contributed by atoms with Gasteiger partial charge in [-0.05, 0) is 37.1 Å². The molecule has 0 fully saturated rings. The van der Waals surface area contributed by atoms with Crippen molar-refractivity contribution in [3.05, 3.63) is 29.5 Å². The van der Waals surface area contributed by atoms with Crippen molar-refractivity contribution in [3.63, 3.8) is 0 Å². The van der Waals surface area contributed by atoms with E-state index in [0.29, 0.717) is 13.0 Å². The number of carbonyl (C=O) groups is 1. The largest absolute Gasteiger partial charge is 0.494 e. The highest BCUT2D eigenvalue weighted by atomic mass is 16.5. The molecule has 0 aliphatic rings. The number of aromatic amines is 1. The highest BCUT2D eigenvalue weighted by Gasteiger charge is 2.15. The highest BCUT2D eigenvalue weighted by molar-refractivity contribution is 5.97. The van der Waals surface area contributed by atoms with E-state index in [0.717, 1.165) is 22.2 Å². The van der Waals surface area contributed by atoms with Crippen molar-refractivity contribution in [2.75, 3.05) is 6.61 Å². The van der Waals surface area contributed by atoms with Gasteiger partial charge in [-0.2, -0.15) is 0 Å². The van der Waals surface area contributed by atoms with Gasteiger partial charge >= 0.3 is 5.97 Å². The van der Waals surface area contributed by atoms with Crippen molar-refractivity contribution in [2.24, 2.45) is 0 Å². The first kappa shape index (κ1) is 11.5. The van der Waals surface area contributed by atoms with Crippen LogP contribution < -0.4 is 4.74 Å². The van der Waals surface area contributed by atoms with E-state index in [1.54, 1.807) is 0 Å². The Morgan fingerprint density at radius 2 is 2.18 bits per heavy atom. The number of hydrogen-bond donors (Lipinski definition) is 2. The first-order valence-electron chi connectivity index (χ1n) is 5.68. The fraction of sp³-hybridized carbons (Fsp3) is 0.308. The molecule has 4 nitrogen and oxygen atoms in total. The molecule has 90 valence electrons. The molecule has 0 aliphatic heterocycles. The fourth-order valence-electron chi connectivity index (χ4n) is 2.03. The quantitative estimate of drug-likeness (QED) is 0.853. The van der Waals surface area contributed by atoms with Crippen LogP contribution in [-0.4, -0.2) is 22.7 Å². The number of benzene rings is 1. The lowest BCUT2D eigenvalue weighted by atomic mass is 10.1. The van der Waals surface area contributed by atoms with E-state index in [2.05, 4.69) is 4.98 Å². The van der Waals surface area contributed by atoms with Gasteiger partial charge in [0.2, 0.25) is 0 Å². The SMILES string of the molecule is CCOc1ccc2[nH]c(C(=O)O)c(CC)c2c1. The van der Waals surface area contributed by atoms with Crippen LogP contribution in [0.2, 0.25) is 0 Å². The summed E-state index contributed by atoms with van der Waals surface area (Å²) in [4.78, 5) is 14.0. The first-order valence-corrected chi connectivity index (χ1v) is 5.68. The Morgan fingerprint density at radius 3 is 2.76 bits per heavy atom. The summed E-state index contributed by atoms with van der Waals surface area (Å²) in [5, 5.41) is 10.0. The number of nitrogens with one attached hydrogen (secondary N) is 1. The molecule has 0 saturated heterocycles. The smallest absolute Gasteiger partial charge is 0.352 e. The van der Waals surface area contributed by atoms with E-state index < -0.39 is 5.97 Å². The van der Waals surface area contributed by atoms with Crippen LogP contribution in [0.3, 0.4) is 0 Å². The number of carboxylic acids is 1. The predicted octanol–water partition coefficient (Wildman–Crippen LogP) is 2.83. The Labute approximate surface area is 99.2 Å². The normalized spacial score (nSPS) is 10.7. The molecule has 1 heterocycles. The zero-order valence-electron chi connectivity index (χ0n) is 9.91. The first-order chi connectivity index (χ1) is 8.17. The molecule has 0 radical (unpaired) electrons. The molecule has 1 aromatic carbocycles. The molecule has 4 heteroatoms. The lowest BCUT2D eigenvalue weighted by Crippen LogP contribution is -2.00. The molecule has 1 aromatic heterocycles. The van der Waals surface area contributed by atoms with E-state index in [1.165, 1.54) is 0 Å². The molecule has 0 unspecified atom stereocenters. The van der Waals surface area contributed by atoms with Crippen molar-refractivity contribution in [1.29, 1.82) is 0 Å². The number of aryl methyl sites for hydroxylation is 1. The van der Waals surface area contributed by atoms with E-state index in [9.17, 15) is 4.79 Å². The minimum Gasteiger partial charge on any atom is -0.494 e. The third kappa shape index (κ3) is 1.98. The van der Waals surface area contributed by atoms with Crippen molar-refractivity contribution in [3.8, 4) is 5.75 Å². The Balaban J connectivity index is 2.62. The van der Waals surface area contributed by atoms with Crippen molar-refractivity contribution >= 4 is 16.9 Å². The van der Waals surface area contributed by atoms with Crippen LogP contribution in [0.25, 0.3) is 10.9 Å². The van der Waals surface area contributed by atoms with Crippen LogP contribution in [0.15, 0.2) is 18.2 Å². The minimum atomic E-state index is -0.920. The van der Waals surface area contributed by atoms with Crippen molar-refractivity contribution in [2.45, 2.75) is 20.3 Å². The Bertz CT molecular complexity index is 557. The zero-order valence-corrected chi connectivity index (χ0v) is 9.91. The van der Waals surface area contributed by atoms with Crippen molar-refractivity contribution in [1.82, 2.24) is 4.98 Å². The molecule has 2 aromatic rings. The molecule has 2 N–H and O–H groups in total. The monoisotopic (exact) mass is 233 g/mol. The van der Waals surface area contributed by atoms with Crippen molar-refractivity contribution < 1.29 is 14.6 Å². The summed E-state index contributed by atoms with van der Waals surface area (Å²) in [7, 11) is 0. The molecule has 0 bridgehead atoms. The summed E-state index contributed by atoms with van der Waals surface area (Å²) in [6, 6.07) is 5.58. The molecule has 2 rings (SSSR count). The van der Waals surface area contributed by atoms with Gasteiger partial charge < -0.3 is 14.8 Å². The molecule has 0 saturated carbocycles. The number of fused-ring (bicyclic) bond motifs is 1. The zero-order chi connectivity index (χ0) is 12.4. The summed E-state index contributed by atoms with van der Waals surface area (Å²) in [6.07, 6.45) is 0.678. The second kappa shape index (κ2) is 4.49. The Morgan fingerprint density at radius 1 is 1.41 bits per heavy atom. The Kier molecular flexibility index (Phi) is 3.04. The Hall–Kier alpha value is -1.97. The molecule has 0 atom stereocenters. The maximum atomic E-state index is 11.1. The summed E-state index contributed by atoms with van der Waals surface area (Å²) >= 11 is 0. The average molecular weight is 233 g/mol. The third-order valence-electron chi connectivity index (χ3n) is 2.76. The average Bonchev–Trinajstić information content (AvgIpc) is 2.67. The van der Waals surface area contributed by atoms with Gasteiger partial charge in [0.05, 0.1) is 6.61 Å². The molecule has 0 spiro atoms. The molecule has 17 heavy (non-hydrogen) atoms. The van der Waals surface area contributed by atoms with Gasteiger partial charge in [-0.25, -0.2) is 4.79 Å². The maximum absolute atomic E-state index is 11.1. The highest BCUT2D eigenvalue weighted by Crippen LogP contribution is 2.27. The van der Waals surface area contributed by atoms with Crippen LogP contribution in [0.5, 0.6) is 5.75 Å².